The molecule has 2 aromatic carbocycles. The van der Waals surface area contributed by atoms with E-state index < -0.39 is 5.56 Å². The number of rotatable bonds is 8. The summed E-state index contributed by atoms with van der Waals surface area (Å²) >= 11 is 7.03. The van der Waals surface area contributed by atoms with Crippen molar-refractivity contribution in [3.8, 4) is 5.75 Å². The molecule has 0 aliphatic rings. The minimum absolute atomic E-state index is 0.00518. The Hall–Kier alpha value is -3.04. The summed E-state index contributed by atoms with van der Waals surface area (Å²) in [4.78, 5) is 24.7. The van der Waals surface area contributed by atoms with Gasteiger partial charge in [-0.05, 0) is 36.8 Å². The number of hydrogen-bond acceptors (Lipinski definition) is 7. The second-order valence-corrected chi connectivity index (χ2v) is 7.52. The minimum Gasteiger partial charge on any atom is -0.494 e. The zero-order chi connectivity index (χ0) is 21.5. The third kappa shape index (κ3) is 5.52. The lowest BCUT2D eigenvalue weighted by molar-refractivity contribution is -0.113. The van der Waals surface area contributed by atoms with Gasteiger partial charge < -0.3 is 15.9 Å². The first-order valence-corrected chi connectivity index (χ1v) is 10.5. The van der Waals surface area contributed by atoms with Crippen LogP contribution in [0.25, 0.3) is 0 Å². The van der Waals surface area contributed by atoms with Crippen molar-refractivity contribution in [2.75, 3.05) is 23.5 Å². The second-order valence-electron chi connectivity index (χ2n) is 6.17. The Morgan fingerprint density at radius 1 is 1.20 bits per heavy atom. The maximum Gasteiger partial charge on any atom is 0.294 e. The van der Waals surface area contributed by atoms with Crippen LogP contribution in [0, 0.1) is 0 Å². The predicted octanol–water partition coefficient (Wildman–Crippen LogP) is 2.73. The predicted molar refractivity (Wildman–Crippen MR) is 118 cm³/mol. The summed E-state index contributed by atoms with van der Waals surface area (Å²) in [5.74, 6) is 6.32. The van der Waals surface area contributed by atoms with Crippen molar-refractivity contribution in [3.63, 3.8) is 0 Å². The van der Waals surface area contributed by atoms with Crippen LogP contribution in [-0.2, 0) is 11.2 Å². The summed E-state index contributed by atoms with van der Waals surface area (Å²) in [7, 11) is 0. The van der Waals surface area contributed by atoms with Gasteiger partial charge in [-0.1, -0.05) is 47.6 Å². The lowest BCUT2D eigenvalue weighted by Gasteiger charge is -2.09. The van der Waals surface area contributed by atoms with Crippen LogP contribution in [0.3, 0.4) is 0 Å². The first-order valence-electron chi connectivity index (χ1n) is 9.10. The van der Waals surface area contributed by atoms with Crippen LogP contribution < -0.4 is 21.5 Å². The Morgan fingerprint density at radius 2 is 1.93 bits per heavy atom. The van der Waals surface area contributed by atoms with E-state index in [9.17, 15) is 9.59 Å². The van der Waals surface area contributed by atoms with Crippen molar-refractivity contribution >= 4 is 35.0 Å². The number of nitrogens with two attached hydrogens (primary N) is 1. The van der Waals surface area contributed by atoms with Crippen LogP contribution in [0.2, 0.25) is 5.02 Å². The Kier molecular flexibility index (Phi) is 7.31. The second kappa shape index (κ2) is 10.1. The van der Waals surface area contributed by atoms with Crippen LogP contribution in [0.5, 0.6) is 5.75 Å². The highest BCUT2D eigenvalue weighted by molar-refractivity contribution is 7.99. The summed E-state index contributed by atoms with van der Waals surface area (Å²) in [6, 6.07) is 14.3. The quantitative estimate of drug-likeness (QED) is 0.405. The van der Waals surface area contributed by atoms with E-state index >= 15 is 0 Å². The average Bonchev–Trinajstić information content (AvgIpc) is 2.74. The lowest BCUT2D eigenvalue weighted by Crippen LogP contribution is -2.34. The monoisotopic (exact) mass is 445 g/mol. The Labute approximate surface area is 182 Å². The molecule has 0 unspecified atom stereocenters. The molecule has 0 saturated carbocycles. The van der Waals surface area contributed by atoms with E-state index in [4.69, 9.17) is 22.2 Å². The zero-order valence-corrected chi connectivity index (χ0v) is 17.7. The van der Waals surface area contributed by atoms with E-state index in [2.05, 4.69) is 15.5 Å². The molecule has 3 rings (SSSR count). The molecule has 0 bridgehead atoms. The number of thioether (sulfide) groups is 1. The fourth-order valence-corrected chi connectivity index (χ4v) is 3.41. The molecule has 156 valence electrons. The molecule has 0 saturated heterocycles. The van der Waals surface area contributed by atoms with Crippen LogP contribution in [0.4, 0.5) is 5.69 Å². The standard InChI is InChI=1S/C20H20ClN5O3S/c1-2-29-14-9-7-13(8-10-14)11-17-19(28)26(22)20(25-24-17)30-12-18(27)23-16-6-4-3-5-15(16)21/h3-10H,2,11-12,22H2,1H3,(H,23,27). The molecule has 3 N–H and O–H groups in total. The number of carbonyl (C=O) groups is 1. The highest BCUT2D eigenvalue weighted by atomic mass is 35.5. The molecule has 1 amide bonds. The van der Waals surface area contributed by atoms with Crippen molar-refractivity contribution in [1.82, 2.24) is 14.9 Å². The smallest absolute Gasteiger partial charge is 0.294 e. The zero-order valence-electron chi connectivity index (χ0n) is 16.2. The molecule has 10 heteroatoms. The number of carbonyl (C=O) groups excluding carboxylic acids is 1. The molecular weight excluding hydrogens is 426 g/mol. The SMILES string of the molecule is CCOc1ccc(Cc2nnc(SCC(=O)Nc3ccccc3Cl)n(N)c2=O)cc1. The van der Waals surface area contributed by atoms with E-state index in [1.807, 2.05) is 31.2 Å². The number of nitrogen functional groups attached to an aromatic ring is 1. The Bertz CT molecular complexity index is 1090. The first kappa shape index (κ1) is 21.7. The Balaban J connectivity index is 1.63. The van der Waals surface area contributed by atoms with Crippen LogP contribution in [0.15, 0.2) is 58.5 Å². The van der Waals surface area contributed by atoms with Gasteiger partial charge in [0.05, 0.1) is 23.1 Å². The summed E-state index contributed by atoms with van der Waals surface area (Å²) in [6.07, 6.45) is 0.285. The third-order valence-electron chi connectivity index (χ3n) is 4.01. The molecule has 8 nitrogen and oxygen atoms in total. The number of benzene rings is 2. The number of halogens is 1. The molecule has 3 aromatic rings. The molecule has 30 heavy (non-hydrogen) atoms. The van der Waals surface area contributed by atoms with Gasteiger partial charge in [0.15, 0.2) is 0 Å². The normalized spacial score (nSPS) is 10.6. The molecule has 0 spiro atoms. The van der Waals surface area contributed by atoms with Crippen LogP contribution in [-0.4, -0.2) is 33.1 Å². The average molecular weight is 446 g/mol. The van der Waals surface area contributed by atoms with Gasteiger partial charge in [0.25, 0.3) is 5.56 Å². The first-order chi connectivity index (χ1) is 14.5. The highest BCUT2D eigenvalue weighted by Gasteiger charge is 2.14. The largest absolute Gasteiger partial charge is 0.494 e. The van der Waals surface area contributed by atoms with Crippen molar-refractivity contribution in [3.05, 3.63) is 75.2 Å². The van der Waals surface area contributed by atoms with Gasteiger partial charge in [-0.15, -0.1) is 10.2 Å². The summed E-state index contributed by atoms with van der Waals surface area (Å²) in [5, 5.41) is 11.3. The number of hydrogen-bond donors (Lipinski definition) is 2. The van der Waals surface area contributed by atoms with Gasteiger partial charge in [-0.25, -0.2) is 0 Å². The molecule has 1 heterocycles. The molecular formula is C20H20ClN5O3S. The molecule has 1 aromatic heterocycles. The third-order valence-corrected chi connectivity index (χ3v) is 5.29. The van der Waals surface area contributed by atoms with Crippen molar-refractivity contribution in [1.29, 1.82) is 0 Å². The number of nitrogens with one attached hydrogen (secondary N) is 1. The van der Waals surface area contributed by atoms with Crippen LogP contribution >= 0.6 is 23.4 Å². The maximum atomic E-state index is 12.5. The maximum absolute atomic E-state index is 12.5. The number of para-hydroxylation sites is 1. The van der Waals surface area contributed by atoms with E-state index in [-0.39, 0.29) is 28.9 Å². The number of anilines is 1. The van der Waals surface area contributed by atoms with Gasteiger partial charge in [0.1, 0.15) is 11.4 Å². The fourth-order valence-electron chi connectivity index (χ4n) is 2.57. The van der Waals surface area contributed by atoms with Gasteiger partial charge in [0, 0.05) is 6.42 Å². The Morgan fingerprint density at radius 3 is 2.63 bits per heavy atom. The van der Waals surface area contributed by atoms with E-state index in [0.29, 0.717) is 17.3 Å². The van der Waals surface area contributed by atoms with Gasteiger partial charge in [-0.2, -0.15) is 4.68 Å². The molecule has 0 fully saturated rings. The lowest BCUT2D eigenvalue weighted by atomic mass is 10.1. The number of ether oxygens (including phenoxy) is 1. The summed E-state index contributed by atoms with van der Waals surface area (Å²) < 4.78 is 6.31. The van der Waals surface area contributed by atoms with Gasteiger partial charge >= 0.3 is 0 Å². The number of aromatic nitrogens is 3. The molecule has 0 radical (unpaired) electrons. The van der Waals surface area contributed by atoms with Crippen molar-refractivity contribution < 1.29 is 9.53 Å². The molecule has 0 atom stereocenters. The van der Waals surface area contributed by atoms with E-state index in [1.54, 1.807) is 24.3 Å². The number of amides is 1. The molecule has 0 aliphatic heterocycles. The number of nitrogens with zero attached hydrogens (tertiary/aromatic N) is 3. The van der Waals surface area contributed by atoms with E-state index in [0.717, 1.165) is 27.8 Å². The van der Waals surface area contributed by atoms with E-state index in [1.165, 1.54) is 0 Å². The fraction of sp³-hybridized carbons (Fsp3) is 0.200. The van der Waals surface area contributed by atoms with Crippen LogP contribution in [0.1, 0.15) is 18.2 Å². The van der Waals surface area contributed by atoms with Gasteiger partial charge in [-0.3, -0.25) is 9.59 Å². The topological polar surface area (TPSA) is 112 Å². The van der Waals surface area contributed by atoms with Gasteiger partial charge in [0.2, 0.25) is 11.1 Å². The minimum atomic E-state index is -0.465. The molecule has 0 aliphatic carbocycles. The summed E-state index contributed by atoms with van der Waals surface area (Å²) in [6.45, 7) is 2.49. The van der Waals surface area contributed by atoms with Crippen molar-refractivity contribution in [2.24, 2.45) is 0 Å². The highest BCUT2D eigenvalue weighted by Crippen LogP contribution is 2.21. The summed E-state index contributed by atoms with van der Waals surface area (Å²) in [5.41, 5.74) is 1.13. The van der Waals surface area contributed by atoms with Crippen molar-refractivity contribution in [2.45, 2.75) is 18.5 Å².